The van der Waals surface area contributed by atoms with Gasteiger partial charge < -0.3 is 8.97 Å². The number of thioether (sulfide) groups is 1. The minimum Gasteiger partial charge on any atom is -0.312 e. The van der Waals surface area contributed by atoms with Gasteiger partial charge >= 0.3 is 0 Å². The van der Waals surface area contributed by atoms with E-state index in [1.807, 2.05) is 49.0 Å². The van der Waals surface area contributed by atoms with Crippen LogP contribution in [0.4, 0.5) is 0 Å². The first-order valence-electron chi connectivity index (χ1n) is 9.11. The molecule has 0 atom stereocenters. The van der Waals surface area contributed by atoms with Crippen LogP contribution >= 0.6 is 11.8 Å². The molecule has 30 heavy (non-hydrogen) atoms. The van der Waals surface area contributed by atoms with Gasteiger partial charge in [-0.25, -0.2) is 4.98 Å². The Morgan fingerprint density at radius 3 is 2.60 bits per heavy atom. The fourth-order valence-corrected chi connectivity index (χ4v) is 3.59. The molecule has 9 nitrogen and oxygen atoms in total. The predicted octanol–water partition coefficient (Wildman–Crippen LogP) is 2.14. The van der Waals surface area contributed by atoms with Crippen LogP contribution in [0.2, 0.25) is 0 Å². The summed E-state index contributed by atoms with van der Waals surface area (Å²) < 4.78 is 3.60. The standard InChI is InChI=1S/C20H19N7O2S/c1-13-7-8-27-10-16(22-17(27)9-13)19(29)24-23-18(28)15-5-3-14(4-6-15)11-30-20-25-21-12-26(20)2/h3-10,12H,11H2,1-2H3,(H,23,28)(H,24,29). The van der Waals surface area contributed by atoms with Crippen LogP contribution in [-0.4, -0.2) is 36.0 Å². The first kappa shape index (κ1) is 19.6. The fraction of sp³-hybridized carbons (Fsp3) is 0.150. The monoisotopic (exact) mass is 421 g/mol. The van der Waals surface area contributed by atoms with Crippen molar-refractivity contribution in [3.63, 3.8) is 0 Å². The molecular formula is C20H19N7O2S. The van der Waals surface area contributed by atoms with Gasteiger partial charge in [0.25, 0.3) is 11.8 Å². The number of carbonyl (C=O) groups excluding carboxylic acids is 2. The van der Waals surface area contributed by atoms with Gasteiger partial charge in [-0.2, -0.15) is 0 Å². The summed E-state index contributed by atoms with van der Waals surface area (Å²) >= 11 is 1.56. The molecule has 3 heterocycles. The van der Waals surface area contributed by atoms with Crippen molar-refractivity contribution in [3.8, 4) is 0 Å². The molecule has 1 aromatic carbocycles. The molecular weight excluding hydrogens is 402 g/mol. The summed E-state index contributed by atoms with van der Waals surface area (Å²) in [5.41, 5.74) is 8.24. The van der Waals surface area contributed by atoms with Crippen LogP contribution in [0.5, 0.6) is 0 Å². The molecule has 10 heteroatoms. The highest BCUT2D eigenvalue weighted by Gasteiger charge is 2.13. The number of amides is 2. The Balaban J connectivity index is 1.32. The van der Waals surface area contributed by atoms with Gasteiger partial charge in [-0.1, -0.05) is 23.9 Å². The molecule has 0 bridgehead atoms. The number of aromatic nitrogens is 5. The lowest BCUT2D eigenvalue weighted by molar-refractivity contribution is 0.0844. The van der Waals surface area contributed by atoms with Crippen LogP contribution in [0, 0.1) is 6.92 Å². The number of fused-ring (bicyclic) bond motifs is 1. The van der Waals surface area contributed by atoms with Gasteiger partial charge in [0.1, 0.15) is 17.7 Å². The molecule has 0 fully saturated rings. The molecule has 0 spiro atoms. The quantitative estimate of drug-likeness (QED) is 0.378. The largest absolute Gasteiger partial charge is 0.312 e. The number of nitrogens with zero attached hydrogens (tertiary/aromatic N) is 5. The van der Waals surface area contributed by atoms with Crippen molar-refractivity contribution in [3.05, 3.63) is 77.5 Å². The summed E-state index contributed by atoms with van der Waals surface area (Å²) in [6.07, 6.45) is 5.09. The molecule has 3 aromatic heterocycles. The van der Waals surface area contributed by atoms with Crippen molar-refractivity contribution < 1.29 is 9.59 Å². The molecule has 2 N–H and O–H groups in total. The number of carbonyl (C=O) groups is 2. The molecule has 0 aliphatic carbocycles. The molecule has 0 aliphatic rings. The van der Waals surface area contributed by atoms with Crippen LogP contribution in [0.25, 0.3) is 5.65 Å². The number of pyridine rings is 1. The van der Waals surface area contributed by atoms with Crippen LogP contribution < -0.4 is 10.9 Å². The summed E-state index contributed by atoms with van der Waals surface area (Å²) in [6.45, 7) is 1.95. The number of aryl methyl sites for hydroxylation is 2. The molecule has 4 rings (SSSR count). The molecule has 152 valence electrons. The minimum absolute atomic E-state index is 0.219. The highest BCUT2D eigenvalue weighted by Crippen LogP contribution is 2.20. The topological polar surface area (TPSA) is 106 Å². The van der Waals surface area contributed by atoms with Gasteiger partial charge in [-0.05, 0) is 42.3 Å². The van der Waals surface area contributed by atoms with Gasteiger partial charge in [0.15, 0.2) is 5.16 Å². The first-order chi connectivity index (χ1) is 14.5. The maximum atomic E-state index is 12.3. The summed E-state index contributed by atoms with van der Waals surface area (Å²) in [4.78, 5) is 28.9. The smallest absolute Gasteiger partial charge is 0.289 e. The van der Waals surface area contributed by atoms with E-state index in [9.17, 15) is 9.59 Å². The molecule has 2 amide bonds. The van der Waals surface area contributed by atoms with E-state index in [1.165, 1.54) is 0 Å². The zero-order valence-corrected chi connectivity index (χ0v) is 17.2. The number of benzene rings is 1. The maximum Gasteiger partial charge on any atom is 0.289 e. The van der Waals surface area contributed by atoms with Crippen molar-refractivity contribution in [2.75, 3.05) is 0 Å². The lowest BCUT2D eigenvalue weighted by Crippen LogP contribution is -2.41. The third kappa shape index (κ3) is 4.33. The molecule has 0 saturated heterocycles. The minimum atomic E-state index is -0.485. The van der Waals surface area contributed by atoms with E-state index in [0.717, 1.165) is 16.3 Å². The molecule has 0 aliphatic heterocycles. The lowest BCUT2D eigenvalue weighted by Gasteiger charge is -2.07. The maximum absolute atomic E-state index is 12.3. The van der Waals surface area contributed by atoms with Crippen molar-refractivity contribution in [2.24, 2.45) is 7.05 Å². The zero-order valence-electron chi connectivity index (χ0n) is 16.4. The van der Waals surface area contributed by atoms with Crippen LogP contribution in [0.1, 0.15) is 32.0 Å². The number of hydrogen-bond donors (Lipinski definition) is 2. The summed E-state index contributed by atoms with van der Waals surface area (Å²) in [5.74, 6) is -0.185. The third-order valence-corrected chi connectivity index (χ3v) is 5.50. The van der Waals surface area contributed by atoms with E-state index in [-0.39, 0.29) is 5.69 Å². The van der Waals surface area contributed by atoms with Crippen molar-refractivity contribution in [1.82, 2.24) is 35.0 Å². The Kier molecular flexibility index (Phi) is 5.48. The molecule has 4 aromatic rings. The van der Waals surface area contributed by atoms with E-state index >= 15 is 0 Å². The van der Waals surface area contributed by atoms with Crippen LogP contribution in [-0.2, 0) is 12.8 Å². The van der Waals surface area contributed by atoms with E-state index in [4.69, 9.17) is 0 Å². The van der Waals surface area contributed by atoms with Gasteiger partial charge in [-0.3, -0.25) is 20.4 Å². The first-order valence-corrected chi connectivity index (χ1v) is 10.1. The Hall–Kier alpha value is -3.66. The van der Waals surface area contributed by atoms with E-state index < -0.39 is 11.8 Å². The Morgan fingerprint density at radius 2 is 1.87 bits per heavy atom. The van der Waals surface area contributed by atoms with E-state index in [0.29, 0.717) is 17.0 Å². The van der Waals surface area contributed by atoms with Crippen molar-refractivity contribution in [1.29, 1.82) is 0 Å². The normalized spacial score (nSPS) is 10.9. The second-order valence-electron chi connectivity index (χ2n) is 6.71. The van der Waals surface area contributed by atoms with Crippen molar-refractivity contribution in [2.45, 2.75) is 17.8 Å². The van der Waals surface area contributed by atoms with Crippen LogP contribution in [0.3, 0.4) is 0 Å². The summed E-state index contributed by atoms with van der Waals surface area (Å²) in [6, 6.07) is 11.0. The number of nitrogens with one attached hydrogen (secondary N) is 2. The average molecular weight is 421 g/mol. The van der Waals surface area contributed by atoms with Crippen LogP contribution in [0.15, 0.2) is 60.3 Å². The highest BCUT2D eigenvalue weighted by molar-refractivity contribution is 7.98. The number of hydrazine groups is 1. The van der Waals surface area contributed by atoms with Gasteiger partial charge in [0.05, 0.1) is 0 Å². The van der Waals surface area contributed by atoms with E-state index in [1.54, 1.807) is 40.8 Å². The number of hydrogen-bond acceptors (Lipinski definition) is 6. The second-order valence-corrected chi connectivity index (χ2v) is 7.66. The predicted molar refractivity (Wildman–Crippen MR) is 112 cm³/mol. The van der Waals surface area contributed by atoms with Gasteiger partial charge in [0, 0.05) is 30.8 Å². The fourth-order valence-electron chi connectivity index (χ4n) is 2.75. The summed E-state index contributed by atoms with van der Waals surface area (Å²) in [5, 5.41) is 8.69. The molecule has 0 saturated carbocycles. The SMILES string of the molecule is Cc1ccn2cc(C(=O)NNC(=O)c3ccc(CSc4nncn4C)cc3)nc2c1. The van der Waals surface area contributed by atoms with E-state index in [2.05, 4.69) is 26.0 Å². The number of rotatable bonds is 5. The Morgan fingerprint density at radius 1 is 1.10 bits per heavy atom. The highest BCUT2D eigenvalue weighted by atomic mass is 32.2. The average Bonchev–Trinajstić information content (AvgIpc) is 3.36. The Labute approximate surface area is 176 Å². The lowest BCUT2D eigenvalue weighted by atomic mass is 10.1. The third-order valence-electron chi connectivity index (χ3n) is 4.39. The van der Waals surface area contributed by atoms with Gasteiger partial charge in [0.2, 0.25) is 0 Å². The Bertz CT molecular complexity index is 1210. The molecule has 0 unspecified atom stereocenters. The summed E-state index contributed by atoms with van der Waals surface area (Å²) in [7, 11) is 1.89. The van der Waals surface area contributed by atoms with Crippen molar-refractivity contribution >= 4 is 29.2 Å². The van der Waals surface area contributed by atoms with Gasteiger partial charge in [-0.15, -0.1) is 10.2 Å². The zero-order chi connectivity index (χ0) is 21.1. The molecule has 0 radical (unpaired) electrons. The second kappa shape index (κ2) is 8.37. The number of imidazole rings is 1.